The van der Waals surface area contributed by atoms with Gasteiger partial charge < -0.3 is 19.5 Å². The van der Waals surface area contributed by atoms with Crippen LogP contribution in [0.5, 0.6) is 5.88 Å². The van der Waals surface area contributed by atoms with Crippen LogP contribution in [-0.2, 0) is 11.2 Å². The largest absolute Gasteiger partial charge is 0.481 e. The van der Waals surface area contributed by atoms with E-state index in [1.54, 1.807) is 12.4 Å². The Morgan fingerprint density at radius 2 is 1.80 bits per heavy atom. The first-order valence-corrected chi connectivity index (χ1v) is 17.7. The number of carboxylic acid groups (broad SMARTS) is 1. The van der Waals surface area contributed by atoms with Gasteiger partial charge in [-0.05, 0) is 64.2 Å². The summed E-state index contributed by atoms with van der Waals surface area (Å²) in [5.74, 6) is 0.823. The number of carboxylic acids is 1. The van der Waals surface area contributed by atoms with Crippen LogP contribution in [0.4, 0.5) is 24.8 Å². The zero-order chi connectivity index (χ0) is 35.9. The monoisotopic (exact) mass is 711 g/mol. The van der Waals surface area contributed by atoms with Gasteiger partial charge in [-0.1, -0.05) is 56.5 Å². The summed E-state index contributed by atoms with van der Waals surface area (Å²) in [7, 11) is 0. The van der Waals surface area contributed by atoms with Gasteiger partial charge in [-0.15, -0.1) is 5.10 Å². The fraction of sp³-hybridized carbons (Fsp3) is 0.472. The van der Waals surface area contributed by atoms with Crippen molar-refractivity contribution in [1.82, 2.24) is 24.7 Å². The van der Waals surface area contributed by atoms with Crippen LogP contribution in [0, 0.1) is 10.8 Å². The van der Waals surface area contributed by atoms with Crippen LogP contribution < -0.4 is 14.4 Å². The quantitative estimate of drug-likeness (QED) is 0.163. The minimum Gasteiger partial charge on any atom is -0.481 e. The molecule has 268 valence electrons. The number of aromatic nitrogens is 5. The average molecular weight is 712 g/mol. The van der Waals surface area contributed by atoms with E-state index in [9.17, 15) is 23.1 Å². The standard InChI is InChI=1S/C36H44F3N7O3S/c1-5-19-35(4,33(47)48)23-45-20-11-7-6-8-13-25-14-9-10-15-26(25)31-32(40-22-27(41-31)44-50-30-17-12-16-28(45)42-30)46-21-18-29(43-46)49-24-34(2,3)36(37,38)39/h9-10,12,14-18,21-22H,5-8,11,13,19-20,23-24H2,1-4H3,(H,41,44)(H,47,48)/t35-/m1/s1. The van der Waals surface area contributed by atoms with Gasteiger partial charge in [-0.25, -0.2) is 19.6 Å². The Balaban J connectivity index is 1.47. The molecule has 10 nitrogen and oxygen atoms in total. The Labute approximate surface area is 295 Å². The number of benzene rings is 1. The minimum atomic E-state index is -4.43. The maximum atomic E-state index is 13.4. The van der Waals surface area contributed by atoms with Crippen LogP contribution >= 0.6 is 11.9 Å². The zero-order valence-corrected chi connectivity index (χ0v) is 29.7. The molecule has 0 amide bonds. The molecule has 1 atom stereocenters. The number of nitrogens with zero attached hydrogens (tertiary/aromatic N) is 6. The minimum absolute atomic E-state index is 0.0463. The van der Waals surface area contributed by atoms with E-state index in [1.165, 1.54) is 22.7 Å². The average Bonchev–Trinajstić information content (AvgIpc) is 3.56. The number of alkyl halides is 3. The third kappa shape index (κ3) is 8.87. The molecule has 0 saturated heterocycles. The third-order valence-electron chi connectivity index (χ3n) is 8.93. The number of hydrogen-bond acceptors (Lipinski definition) is 9. The molecule has 4 bridgehead atoms. The number of pyridine rings is 1. The summed E-state index contributed by atoms with van der Waals surface area (Å²) in [4.78, 5) is 29.0. The molecule has 1 aliphatic rings. The molecule has 3 aromatic heterocycles. The lowest BCUT2D eigenvalue weighted by Gasteiger charge is -2.33. The van der Waals surface area contributed by atoms with Gasteiger partial charge in [0, 0.05) is 42.9 Å². The van der Waals surface area contributed by atoms with Gasteiger partial charge in [0.1, 0.15) is 23.1 Å². The maximum Gasteiger partial charge on any atom is 0.397 e. The number of fused-ring (bicyclic) bond motifs is 6. The Morgan fingerprint density at radius 3 is 2.56 bits per heavy atom. The molecule has 5 rings (SSSR count). The van der Waals surface area contributed by atoms with Crippen LogP contribution in [0.3, 0.4) is 0 Å². The second-order valence-corrected chi connectivity index (χ2v) is 14.4. The molecule has 0 radical (unpaired) electrons. The van der Waals surface area contributed by atoms with Crippen molar-refractivity contribution >= 4 is 29.6 Å². The van der Waals surface area contributed by atoms with Gasteiger partial charge in [0.15, 0.2) is 11.6 Å². The first-order valence-electron chi connectivity index (χ1n) is 16.9. The van der Waals surface area contributed by atoms with Gasteiger partial charge in [0.05, 0.1) is 17.0 Å². The predicted molar refractivity (Wildman–Crippen MR) is 189 cm³/mol. The highest BCUT2D eigenvalue weighted by Crippen LogP contribution is 2.38. The number of nitrogens with one attached hydrogen (secondary N) is 1. The SMILES string of the molecule is CCC[C@](C)(CN1CCCCCCc2ccccc2-c2nc(cnc2-n2ccc(OCC(C)(C)C(F)(F)F)n2)NSc2cccc1n2)C(=O)O. The van der Waals surface area contributed by atoms with Crippen LogP contribution in [-0.4, -0.2) is 61.7 Å². The van der Waals surface area contributed by atoms with E-state index < -0.39 is 29.6 Å². The second-order valence-electron chi connectivity index (χ2n) is 13.6. The smallest absolute Gasteiger partial charge is 0.397 e. The van der Waals surface area contributed by atoms with Gasteiger partial charge >= 0.3 is 12.1 Å². The number of carbonyl (C=O) groups is 1. The molecule has 1 aromatic carbocycles. The van der Waals surface area contributed by atoms with Crippen molar-refractivity contribution in [3.05, 3.63) is 66.5 Å². The lowest BCUT2D eigenvalue weighted by Crippen LogP contribution is -2.42. The van der Waals surface area contributed by atoms with Crippen molar-refractivity contribution < 1.29 is 27.8 Å². The summed E-state index contributed by atoms with van der Waals surface area (Å²) in [5.41, 5.74) is -0.447. The van der Waals surface area contributed by atoms with E-state index in [4.69, 9.17) is 19.7 Å². The zero-order valence-electron chi connectivity index (χ0n) is 28.8. The normalized spacial score (nSPS) is 15.7. The fourth-order valence-electron chi connectivity index (χ4n) is 5.80. The topological polar surface area (TPSA) is 118 Å². The molecule has 14 heteroatoms. The number of anilines is 2. The molecular formula is C36H44F3N7O3S. The first kappa shape index (κ1) is 36.9. The second kappa shape index (κ2) is 15.7. The molecule has 1 aliphatic heterocycles. The molecule has 0 fully saturated rings. The Bertz CT molecular complexity index is 1770. The first-order chi connectivity index (χ1) is 23.8. The highest BCUT2D eigenvalue weighted by molar-refractivity contribution is 8.00. The lowest BCUT2D eigenvalue weighted by molar-refractivity contribution is -0.219. The number of halogens is 3. The van der Waals surface area contributed by atoms with Gasteiger partial charge in [0.25, 0.3) is 0 Å². The van der Waals surface area contributed by atoms with Crippen molar-refractivity contribution in [2.45, 2.75) is 83.8 Å². The summed E-state index contributed by atoms with van der Waals surface area (Å²) >= 11 is 1.27. The van der Waals surface area contributed by atoms with Crippen LogP contribution in [0.1, 0.15) is 71.8 Å². The summed E-state index contributed by atoms with van der Waals surface area (Å²) in [6, 6.07) is 15.2. The van der Waals surface area contributed by atoms with E-state index >= 15 is 0 Å². The summed E-state index contributed by atoms with van der Waals surface area (Å²) < 4.78 is 50.5. The predicted octanol–water partition coefficient (Wildman–Crippen LogP) is 8.62. The van der Waals surface area contributed by atoms with E-state index in [0.29, 0.717) is 41.9 Å². The number of aryl methyl sites for hydroxylation is 1. The Hall–Kier alpha value is -4.33. The van der Waals surface area contributed by atoms with Crippen LogP contribution in [0.2, 0.25) is 0 Å². The maximum absolute atomic E-state index is 13.4. The van der Waals surface area contributed by atoms with Gasteiger partial charge in [-0.3, -0.25) is 4.79 Å². The van der Waals surface area contributed by atoms with Gasteiger partial charge in [-0.2, -0.15) is 13.2 Å². The molecular weight excluding hydrogens is 668 g/mol. The van der Waals surface area contributed by atoms with Crippen LogP contribution in [0.15, 0.2) is 66.0 Å². The highest BCUT2D eigenvalue weighted by atomic mass is 32.2. The van der Waals surface area contributed by atoms with Crippen LogP contribution in [0.25, 0.3) is 17.1 Å². The number of ether oxygens (including phenoxy) is 1. The highest BCUT2D eigenvalue weighted by Gasteiger charge is 2.48. The number of aliphatic carboxylic acids is 1. The third-order valence-corrected chi connectivity index (χ3v) is 9.68. The molecule has 2 N–H and O–H groups in total. The number of hydrogen-bond donors (Lipinski definition) is 2. The van der Waals surface area contributed by atoms with Crippen molar-refractivity contribution in [3.63, 3.8) is 0 Å². The fourth-order valence-corrected chi connectivity index (χ4v) is 6.40. The molecule has 0 unspecified atom stereocenters. The summed E-state index contributed by atoms with van der Waals surface area (Å²) in [5, 5.41) is 15.2. The molecule has 0 spiro atoms. The summed E-state index contributed by atoms with van der Waals surface area (Å²) in [6.45, 7) is 6.45. The Morgan fingerprint density at radius 1 is 1.02 bits per heavy atom. The molecule has 4 heterocycles. The Kier molecular flexibility index (Phi) is 11.6. The lowest BCUT2D eigenvalue weighted by atomic mass is 9.85. The van der Waals surface area contributed by atoms with E-state index in [0.717, 1.165) is 69.3 Å². The molecule has 0 aliphatic carbocycles. The summed E-state index contributed by atoms with van der Waals surface area (Å²) in [6.07, 6.45) is 4.62. The van der Waals surface area contributed by atoms with E-state index in [2.05, 4.69) is 20.8 Å². The molecule has 4 aromatic rings. The van der Waals surface area contributed by atoms with E-state index in [-0.39, 0.29) is 5.88 Å². The molecule has 50 heavy (non-hydrogen) atoms. The van der Waals surface area contributed by atoms with Crippen molar-refractivity contribution in [2.24, 2.45) is 10.8 Å². The van der Waals surface area contributed by atoms with Crippen molar-refractivity contribution in [2.75, 3.05) is 29.3 Å². The van der Waals surface area contributed by atoms with Crippen molar-refractivity contribution in [1.29, 1.82) is 0 Å². The van der Waals surface area contributed by atoms with Crippen molar-refractivity contribution in [3.8, 4) is 23.0 Å². The van der Waals surface area contributed by atoms with Gasteiger partial charge in [0.2, 0.25) is 5.88 Å². The van der Waals surface area contributed by atoms with E-state index in [1.807, 2.05) is 50.2 Å². The molecule has 0 saturated carbocycles. The number of rotatable bonds is 9.